The van der Waals surface area contributed by atoms with Crippen LogP contribution in [-0.2, 0) is 19.3 Å². The van der Waals surface area contributed by atoms with Gasteiger partial charge < -0.3 is 15.3 Å². The third-order valence-corrected chi connectivity index (χ3v) is 15.8. The monoisotopic (exact) mass is 1060 g/mol. The largest absolute Gasteiger partial charge is 3.00 e. The summed E-state index contributed by atoms with van der Waals surface area (Å²) in [6, 6.07) is 22.4. The average Bonchev–Trinajstić information content (AvgIpc) is 3.42. The van der Waals surface area contributed by atoms with Crippen LogP contribution in [0.5, 0.6) is 17.2 Å². The Kier molecular flexibility index (Phi) is 58.3. The van der Waals surface area contributed by atoms with Gasteiger partial charge in [-0.2, -0.15) is 0 Å². The summed E-state index contributed by atoms with van der Waals surface area (Å²) in [4.78, 5) is 0. The molecule has 0 spiro atoms. The van der Waals surface area contributed by atoms with Crippen molar-refractivity contribution in [1.29, 1.82) is 0 Å². The van der Waals surface area contributed by atoms with E-state index in [0.29, 0.717) is 0 Å². The Morgan fingerprint density at radius 1 is 0.197 bits per heavy atom. The van der Waals surface area contributed by atoms with Gasteiger partial charge in [0.1, 0.15) is 0 Å². The molecule has 0 unspecified atom stereocenters. The Morgan fingerprint density at radius 3 is 0.474 bits per heavy atom. The van der Waals surface area contributed by atoms with Gasteiger partial charge in [0, 0.05) is 0 Å². The van der Waals surface area contributed by atoms with Crippen molar-refractivity contribution in [2.45, 2.75) is 348 Å². The van der Waals surface area contributed by atoms with E-state index < -0.39 is 0 Å². The molecule has 0 heterocycles. The molecule has 0 aromatic heterocycles. The number of hydrogen-bond donors (Lipinski definition) is 0. The quantitative estimate of drug-likeness (QED) is 0.0418. The molecule has 3 rings (SSSR count). The summed E-state index contributed by atoms with van der Waals surface area (Å²) in [5, 5.41) is 34.8. The summed E-state index contributed by atoms with van der Waals surface area (Å²) in [5.41, 5.74) is 2.98. The normalized spacial score (nSPS) is 10.9. The first-order valence-electron chi connectivity index (χ1n) is 33.3. The average molecular weight is 1060 g/mol. The maximum Gasteiger partial charge on any atom is 3.00 e. The van der Waals surface area contributed by atoms with E-state index in [0.717, 1.165) is 55.2 Å². The van der Waals surface area contributed by atoms with Crippen molar-refractivity contribution >= 4 is 17.4 Å². The molecule has 0 bridgehead atoms. The van der Waals surface area contributed by atoms with Crippen LogP contribution >= 0.6 is 0 Å². The van der Waals surface area contributed by atoms with E-state index in [1.165, 1.54) is 289 Å². The molecule has 0 radical (unpaired) electrons. The predicted octanol–water partition coefficient (Wildman–Crippen LogP) is 22.3. The Hall–Kier alpha value is -2.41. The van der Waals surface area contributed by atoms with E-state index in [1.807, 2.05) is 54.6 Å². The second-order valence-electron chi connectivity index (χ2n) is 23.0. The Morgan fingerprint density at radius 2 is 0.329 bits per heavy atom. The molecule has 432 valence electrons. The number of para-hydroxylation sites is 3. The third-order valence-electron chi connectivity index (χ3n) is 15.8. The Balaban J connectivity index is 0.00000110. The van der Waals surface area contributed by atoms with Gasteiger partial charge in [-0.05, 0) is 38.5 Å². The van der Waals surface area contributed by atoms with Gasteiger partial charge in [-0.15, -0.1) is 17.2 Å². The van der Waals surface area contributed by atoms with Crippen molar-refractivity contribution < 1.29 is 15.3 Å². The van der Waals surface area contributed by atoms with Crippen LogP contribution in [0.3, 0.4) is 0 Å². The fourth-order valence-corrected chi connectivity index (χ4v) is 10.7. The van der Waals surface area contributed by atoms with E-state index >= 15 is 0 Å². The Bertz CT molecular complexity index is 1390. The smallest absolute Gasteiger partial charge is 0.872 e. The van der Waals surface area contributed by atoms with E-state index in [2.05, 4.69) is 20.8 Å². The molecule has 4 heteroatoms. The second kappa shape index (κ2) is 60.2. The maximum atomic E-state index is 11.6. The first-order chi connectivity index (χ1) is 37.0. The minimum atomic E-state index is 0. The zero-order valence-electron chi connectivity index (χ0n) is 50.8. The molecule has 0 saturated heterocycles. The fourth-order valence-electron chi connectivity index (χ4n) is 10.7. The van der Waals surface area contributed by atoms with Gasteiger partial charge in [-0.3, -0.25) is 0 Å². The number of aryl methyl sites for hydroxylation is 3. The molecule has 0 aliphatic carbocycles. The van der Waals surface area contributed by atoms with Gasteiger partial charge in [0.25, 0.3) is 0 Å². The van der Waals surface area contributed by atoms with Crippen LogP contribution in [0.4, 0.5) is 0 Å². The van der Waals surface area contributed by atoms with Crippen LogP contribution in [0.25, 0.3) is 0 Å². The van der Waals surface area contributed by atoms with Crippen LogP contribution in [-0.4, -0.2) is 17.4 Å². The van der Waals surface area contributed by atoms with E-state index in [1.54, 1.807) is 18.2 Å². The molecule has 0 fully saturated rings. The molecule has 0 saturated carbocycles. The topological polar surface area (TPSA) is 69.2 Å². The molecule has 76 heavy (non-hydrogen) atoms. The Labute approximate surface area is 485 Å². The molecule has 0 amide bonds. The van der Waals surface area contributed by atoms with Crippen molar-refractivity contribution in [3.8, 4) is 17.2 Å². The van der Waals surface area contributed by atoms with Crippen molar-refractivity contribution in [1.82, 2.24) is 0 Å². The van der Waals surface area contributed by atoms with Gasteiger partial charge in [-0.1, -0.05) is 399 Å². The summed E-state index contributed by atoms with van der Waals surface area (Å²) in [6.45, 7) is 6.86. The molecular weight excluding hydrogens is 940 g/mol. The SMILES string of the molecule is CCCCCCCCCCCCCCCCCCc1ccccc1[O-].CCCCCCCCCCCCCCCCCCc1ccccc1[O-].CCCCCCCCCCCCCCCCCCc1ccccc1[O-].[Al+3]. The zero-order valence-corrected chi connectivity index (χ0v) is 51.9. The molecule has 0 N–H and O–H groups in total. The van der Waals surface area contributed by atoms with Crippen molar-refractivity contribution in [3.05, 3.63) is 89.5 Å². The van der Waals surface area contributed by atoms with Crippen LogP contribution in [0.1, 0.15) is 346 Å². The van der Waals surface area contributed by atoms with Crippen LogP contribution in [0.15, 0.2) is 72.8 Å². The van der Waals surface area contributed by atoms with Crippen molar-refractivity contribution in [2.24, 2.45) is 0 Å². The number of benzene rings is 3. The maximum absolute atomic E-state index is 11.6. The third kappa shape index (κ3) is 49.9. The van der Waals surface area contributed by atoms with Gasteiger partial charge in [0.15, 0.2) is 0 Å². The summed E-state index contributed by atoms with van der Waals surface area (Å²) in [5.74, 6) is 0.635. The first-order valence-corrected chi connectivity index (χ1v) is 33.3. The van der Waals surface area contributed by atoms with E-state index in [4.69, 9.17) is 0 Å². The van der Waals surface area contributed by atoms with E-state index in [-0.39, 0.29) is 34.6 Å². The fraction of sp³-hybridized carbons (Fsp3) is 0.750. The molecule has 0 aliphatic rings. The zero-order chi connectivity index (χ0) is 54.0. The number of hydrogen-bond acceptors (Lipinski definition) is 3. The molecule has 0 aliphatic heterocycles. The van der Waals surface area contributed by atoms with Crippen LogP contribution in [0.2, 0.25) is 0 Å². The molecule has 3 nitrogen and oxygen atoms in total. The predicted molar refractivity (Wildman–Crippen MR) is 333 cm³/mol. The number of rotatable bonds is 51. The molecular formula is C72H123AlO3. The summed E-state index contributed by atoms with van der Waals surface area (Å²) >= 11 is 0. The first kappa shape index (κ1) is 73.6. The standard InChI is InChI=1S/3C24H42O.Al/c3*1-2-3-4-5-6-7-8-9-10-11-12-13-14-15-16-17-20-23-21-18-19-22-24(23)25;/h3*18-19,21-22,25H,2-17,20H2,1H3;/q;;;+3/p-3. The molecule has 3 aromatic rings. The van der Waals surface area contributed by atoms with Crippen molar-refractivity contribution in [3.63, 3.8) is 0 Å². The van der Waals surface area contributed by atoms with Crippen LogP contribution in [0, 0.1) is 0 Å². The van der Waals surface area contributed by atoms with Gasteiger partial charge in [-0.25, -0.2) is 0 Å². The van der Waals surface area contributed by atoms with E-state index in [9.17, 15) is 15.3 Å². The van der Waals surface area contributed by atoms with Crippen LogP contribution < -0.4 is 15.3 Å². The summed E-state index contributed by atoms with van der Waals surface area (Å²) in [6.07, 6.45) is 69.8. The van der Waals surface area contributed by atoms with Gasteiger partial charge in [0.05, 0.1) is 0 Å². The molecule has 3 aromatic carbocycles. The van der Waals surface area contributed by atoms with Gasteiger partial charge >= 0.3 is 17.4 Å². The minimum absolute atomic E-state index is 0. The molecule has 0 atom stereocenters. The van der Waals surface area contributed by atoms with Crippen molar-refractivity contribution in [2.75, 3.05) is 0 Å². The second-order valence-corrected chi connectivity index (χ2v) is 23.0. The number of unbranched alkanes of at least 4 members (excludes halogenated alkanes) is 45. The minimum Gasteiger partial charge on any atom is -0.872 e. The summed E-state index contributed by atoms with van der Waals surface area (Å²) < 4.78 is 0. The van der Waals surface area contributed by atoms with Gasteiger partial charge in [0.2, 0.25) is 0 Å². The summed E-state index contributed by atoms with van der Waals surface area (Å²) in [7, 11) is 0.